The molecule has 0 saturated heterocycles. The molecule has 1 rings (SSSR count). The first kappa shape index (κ1) is 16.6. The molecule has 114 valence electrons. The van der Waals surface area contributed by atoms with Crippen LogP contribution in [0.25, 0.3) is 0 Å². The minimum Gasteiger partial charge on any atom is -0.170 e. The molecule has 0 radical (unpaired) electrons. The average molecular weight is 290 g/mol. The molecule has 0 amide bonds. The zero-order valence-corrected chi connectivity index (χ0v) is 11.5. The minimum atomic E-state index is -5.27. The van der Waals surface area contributed by atoms with Gasteiger partial charge in [-0.25, -0.2) is 0 Å². The number of alkyl halides is 6. The summed E-state index contributed by atoms with van der Waals surface area (Å²) in [5.74, 6) is -1.49. The zero-order chi connectivity index (χ0) is 15.2. The summed E-state index contributed by atoms with van der Waals surface area (Å²) in [6, 6.07) is 0. The van der Waals surface area contributed by atoms with Crippen molar-refractivity contribution in [3.63, 3.8) is 0 Å². The minimum absolute atomic E-state index is 0.0268. The Kier molecular flexibility index (Phi) is 4.24. The summed E-state index contributed by atoms with van der Waals surface area (Å²) in [6.45, 7) is 5.68. The Labute approximate surface area is 109 Å². The predicted molar refractivity (Wildman–Crippen MR) is 60.4 cm³/mol. The number of rotatable bonds is 1. The average Bonchev–Trinajstić information content (AvgIpc) is 2.20. The van der Waals surface area contributed by atoms with Crippen LogP contribution < -0.4 is 0 Å². The molecule has 0 aliphatic heterocycles. The van der Waals surface area contributed by atoms with E-state index in [0.717, 1.165) is 0 Å². The Bertz CT molecular complexity index is 290. The molecule has 1 saturated carbocycles. The van der Waals surface area contributed by atoms with Crippen LogP contribution in [-0.2, 0) is 0 Å². The van der Waals surface area contributed by atoms with Gasteiger partial charge in [-0.2, -0.15) is 26.3 Å². The summed E-state index contributed by atoms with van der Waals surface area (Å²) in [5.41, 5.74) is -3.61. The van der Waals surface area contributed by atoms with E-state index in [4.69, 9.17) is 0 Å². The van der Waals surface area contributed by atoms with Gasteiger partial charge in [0.1, 0.15) is 0 Å². The summed E-state index contributed by atoms with van der Waals surface area (Å²) < 4.78 is 78.1. The van der Waals surface area contributed by atoms with E-state index >= 15 is 0 Å². The molecule has 1 fully saturated rings. The maximum atomic E-state index is 13.0. The molecule has 0 bridgehead atoms. The monoisotopic (exact) mass is 290 g/mol. The van der Waals surface area contributed by atoms with Crippen molar-refractivity contribution < 1.29 is 26.3 Å². The SMILES string of the molecule is CC1CC(C(C)(C(F)(F)F)C(F)(F)F)CC(C)C1C. The van der Waals surface area contributed by atoms with E-state index in [0.29, 0.717) is 6.92 Å². The van der Waals surface area contributed by atoms with Crippen molar-refractivity contribution in [3.05, 3.63) is 0 Å². The van der Waals surface area contributed by atoms with E-state index in [1.54, 1.807) is 13.8 Å². The summed E-state index contributed by atoms with van der Waals surface area (Å²) in [4.78, 5) is 0. The second-order valence-electron chi connectivity index (χ2n) is 6.18. The number of hydrogen-bond acceptors (Lipinski definition) is 0. The second kappa shape index (κ2) is 4.85. The fourth-order valence-corrected chi connectivity index (χ4v) is 3.08. The van der Waals surface area contributed by atoms with E-state index in [1.165, 1.54) is 0 Å². The molecule has 19 heavy (non-hydrogen) atoms. The van der Waals surface area contributed by atoms with Gasteiger partial charge in [-0.1, -0.05) is 20.8 Å². The van der Waals surface area contributed by atoms with Crippen LogP contribution in [0.1, 0.15) is 40.5 Å². The number of hydrogen-bond donors (Lipinski definition) is 0. The fourth-order valence-electron chi connectivity index (χ4n) is 3.08. The van der Waals surface area contributed by atoms with Gasteiger partial charge in [0, 0.05) is 0 Å². The topological polar surface area (TPSA) is 0 Å². The van der Waals surface area contributed by atoms with Crippen LogP contribution in [0, 0.1) is 29.1 Å². The molecule has 0 heterocycles. The van der Waals surface area contributed by atoms with E-state index in [1.807, 2.05) is 6.92 Å². The third-order valence-electron chi connectivity index (χ3n) is 5.10. The Morgan fingerprint density at radius 3 is 1.32 bits per heavy atom. The smallest absolute Gasteiger partial charge is 0.170 e. The molecule has 6 heteroatoms. The van der Waals surface area contributed by atoms with Crippen LogP contribution >= 0.6 is 0 Å². The molecule has 1 aliphatic rings. The highest BCUT2D eigenvalue weighted by molar-refractivity contribution is 4.98. The van der Waals surface area contributed by atoms with Gasteiger partial charge in [-0.3, -0.25) is 0 Å². The Morgan fingerprint density at radius 1 is 0.737 bits per heavy atom. The van der Waals surface area contributed by atoms with Gasteiger partial charge in [-0.15, -0.1) is 0 Å². The zero-order valence-electron chi connectivity index (χ0n) is 11.5. The molecular formula is C13H20F6. The van der Waals surface area contributed by atoms with Gasteiger partial charge >= 0.3 is 12.4 Å². The van der Waals surface area contributed by atoms with Gasteiger partial charge in [0.2, 0.25) is 0 Å². The van der Waals surface area contributed by atoms with Crippen molar-refractivity contribution in [3.8, 4) is 0 Å². The third kappa shape index (κ3) is 2.72. The lowest BCUT2D eigenvalue weighted by atomic mass is 9.61. The third-order valence-corrected chi connectivity index (χ3v) is 5.10. The fraction of sp³-hybridized carbons (Fsp3) is 1.00. The summed E-state index contributed by atoms with van der Waals surface area (Å²) in [7, 11) is 0. The highest BCUT2D eigenvalue weighted by atomic mass is 19.4. The summed E-state index contributed by atoms with van der Waals surface area (Å²) >= 11 is 0. The van der Waals surface area contributed by atoms with Crippen LogP contribution in [-0.4, -0.2) is 12.4 Å². The molecule has 0 aromatic rings. The quantitative estimate of drug-likeness (QED) is 0.564. The first-order valence-corrected chi connectivity index (χ1v) is 6.45. The molecule has 0 spiro atoms. The number of halogens is 6. The molecule has 0 N–H and O–H groups in total. The highest BCUT2D eigenvalue weighted by Crippen LogP contribution is 2.59. The second-order valence-corrected chi connectivity index (χ2v) is 6.18. The van der Waals surface area contributed by atoms with Crippen LogP contribution in [0.4, 0.5) is 26.3 Å². The Hall–Kier alpha value is -0.420. The molecule has 0 aromatic carbocycles. The van der Waals surface area contributed by atoms with Crippen molar-refractivity contribution in [1.29, 1.82) is 0 Å². The van der Waals surface area contributed by atoms with Crippen LogP contribution in [0.5, 0.6) is 0 Å². The van der Waals surface area contributed by atoms with Gasteiger partial charge in [0.05, 0.1) is 0 Å². The van der Waals surface area contributed by atoms with Crippen molar-refractivity contribution in [2.45, 2.75) is 52.9 Å². The van der Waals surface area contributed by atoms with Crippen LogP contribution in [0.15, 0.2) is 0 Å². The predicted octanol–water partition coefficient (Wildman–Crippen LogP) is 5.44. The van der Waals surface area contributed by atoms with Crippen LogP contribution in [0.3, 0.4) is 0 Å². The molecule has 1 aliphatic carbocycles. The van der Waals surface area contributed by atoms with E-state index in [-0.39, 0.29) is 30.6 Å². The van der Waals surface area contributed by atoms with Crippen LogP contribution in [0.2, 0.25) is 0 Å². The Balaban J connectivity index is 3.15. The Morgan fingerprint density at radius 2 is 1.05 bits per heavy atom. The maximum Gasteiger partial charge on any atom is 0.403 e. The molecule has 2 unspecified atom stereocenters. The maximum absolute atomic E-state index is 13.0. The van der Waals surface area contributed by atoms with E-state index in [9.17, 15) is 26.3 Å². The standard InChI is InChI=1S/C13H20F6/c1-7-5-10(6-8(2)9(7)3)11(4,12(14,15)16)13(17,18)19/h7-10H,5-6H2,1-4H3. The summed E-state index contributed by atoms with van der Waals surface area (Å²) in [5, 5.41) is 0. The molecule has 0 aromatic heterocycles. The molecule has 2 atom stereocenters. The van der Waals surface area contributed by atoms with Crippen molar-refractivity contribution >= 4 is 0 Å². The lowest BCUT2D eigenvalue weighted by molar-refractivity contribution is -0.356. The van der Waals surface area contributed by atoms with E-state index < -0.39 is 23.7 Å². The van der Waals surface area contributed by atoms with Gasteiger partial charge in [0.15, 0.2) is 5.41 Å². The van der Waals surface area contributed by atoms with Gasteiger partial charge < -0.3 is 0 Å². The first-order valence-electron chi connectivity index (χ1n) is 6.45. The first-order chi connectivity index (χ1) is 8.32. The largest absolute Gasteiger partial charge is 0.403 e. The normalized spacial score (nSPS) is 34.4. The van der Waals surface area contributed by atoms with Crippen molar-refractivity contribution in [2.75, 3.05) is 0 Å². The lowest BCUT2D eigenvalue weighted by Crippen LogP contribution is -2.54. The summed E-state index contributed by atoms with van der Waals surface area (Å²) in [6.07, 6.45) is -10.6. The van der Waals surface area contributed by atoms with Crippen molar-refractivity contribution in [2.24, 2.45) is 29.1 Å². The molecule has 0 nitrogen and oxygen atoms in total. The van der Waals surface area contributed by atoms with Crippen molar-refractivity contribution in [1.82, 2.24) is 0 Å². The lowest BCUT2D eigenvalue weighted by Gasteiger charge is -2.47. The highest BCUT2D eigenvalue weighted by Gasteiger charge is 2.71. The van der Waals surface area contributed by atoms with Gasteiger partial charge in [-0.05, 0) is 43.4 Å². The van der Waals surface area contributed by atoms with Gasteiger partial charge in [0.25, 0.3) is 0 Å². The molecular weight excluding hydrogens is 270 g/mol. The van der Waals surface area contributed by atoms with E-state index in [2.05, 4.69) is 0 Å².